The lowest BCUT2D eigenvalue weighted by Gasteiger charge is -2.05. The van der Waals surface area contributed by atoms with Gasteiger partial charge in [0.15, 0.2) is 0 Å². The molecule has 1 heterocycles. The average Bonchev–Trinajstić information content (AvgIpc) is 2.44. The summed E-state index contributed by atoms with van der Waals surface area (Å²) in [7, 11) is 1.45. The molecule has 0 fully saturated rings. The van der Waals surface area contributed by atoms with Crippen LogP contribution < -0.4 is 0 Å². The minimum Gasteiger partial charge on any atom is -0.462 e. The molecule has 0 aliphatic rings. The van der Waals surface area contributed by atoms with Crippen LogP contribution in [0, 0.1) is 0 Å². The van der Waals surface area contributed by atoms with Crippen molar-refractivity contribution in [1.82, 2.24) is 9.78 Å². The molecule has 7 heteroatoms. The lowest BCUT2D eigenvalue weighted by Crippen LogP contribution is -2.15. The third kappa shape index (κ3) is 3.25. The lowest BCUT2D eigenvalue weighted by atomic mass is 10.2. The normalized spacial score (nSPS) is 11.6. The molecule has 0 aromatic carbocycles. The van der Waals surface area contributed by atoms with E-state index in [4.69, 9.17) is 0 Å². The number of hydrogen-bond acceptors (Lipinski definition) is 3. The Bertz CT molecular complexity index is 385. The predicted octanol–water partition coefficient (Wildman–Crippen LogP) is 1.70. The Hall–Kier alpha value is -1.53. The van der Waals surface area contributed by atoms with E-state index in [2.05, 4.69) is 9.84 Å². The second-order valence-electron chi connectivity index (χ2n) is 3.18. The Balaban J connectivity index is 2.96. The van der Waals surface area contributed by atoms with Gasteiger partial charge in [-0.3, -0.25) is 4.68 Å². The zero-order chi connectivity index (χ0) is 12.3. The maximum absolute atomic E-state index is 12.2. The largest absolute Gasteiger partial charge is 0.462 e. The zero-order valence-electron chi connectivity index (χ0n) is 8.84. The number of carbonyl (C=O) groups excluding carboxylic acids is 1. The molecule has 1 aromatic rings. The van der Waals surface area contributed by atoms with Crippen LogP contribution in [0.5, 0.6) is 0 Å². The standard InChI is InChI=1S/C9H11F3N2O2/c1-3-16-8(15)6-5-14(2)13-7(6)4-9(10,11)12/h5H,3-4H2,1-2H3. The first-order valence-electron chi connectivity index (χ1n) is 4.60. The second-order valence-corrected chi connectivity index (χ2v) is 3.18. The number of hydrogen-bond donors (Lipinski definition) is 0. The molecule has 0 spiro atoms. The summed E-state index contributed by atoms with van der Waals surface area (Å²) in [5.41, 5.74) is -0.449. The number of ether oxygens (including phenoxy) is 1. The van der Waals surface area contributed by atoms with E-state index in [1.54, 1.807) is 6.92 Å². The Morgan fingerprint density at radius 1 is 1.56 bits per heavy atom. The van der Waals surface area contributed by atoms with Crippen molar-refractivity contribution in [3.05, 3.63) is 17.5 Å². The summed E-state index contributed by atoms with van der Waals surface area (Å²) in [6.07, 6.45) is -4.41. The van der Waals surface area contributed by atoms with Gasteiger partial charge in [0.1, 0.15) is 5.56 Å². The van der Waals surface area contributed by atoms with Crippen molar-refractivity contribution in [2.75, 3.05) is 6.61 Å². The Labute approximate surface area is 90.0 Å². The second kappa shape index (κ2) is 4.54. The number of carbonyl (C=O) groups is 1. The van der Waals surface area contributed by atoms with Crippen LogP contribution in [0.3, 0.4) is 0 Å². The molecule has 0 N–H and O–H groups in total. The Morgan fingerprint density at radius 3 is 2.69 bits per heavy atom. The molecule has 1 aromatic heterocycles. The van der Waals surface area contributed by atoms with E-state index in [0.29, 0.717) is 0 Å². The summed E-state index contributed by atoms with van der Waals surface area (Å²) in [6.45, 7) is 1.69. The van der Waals surface area contributed by atoms with E-state index in [-0.39, 0.29) is 17.9 Å². The van der Waals surface area contributed by atoms with Gasteiger partial charge in [-0.2, -0.15) is 18.3 Å². The third-order valence-electron chi connectivity index (χ3n) is 1.77. The first-order valence-corrected chi connectivity index (χ1v) is 4.60. The summed E-state index contributed by atoms with van der Waals surface area (Å²) in [4.78, 5) is 11.3. The molecule has 16 heavy (non-hydrogen) atoms. The van der Waals surface area contributed by atoms with Gasteiger partial charge in [0, 0.05) is 13.2 Å². The van der Waals surface area contributed by atoms with Gasteiger partial charge in [-0.15, -0.1) is 0 Å². The summed E-state index contributed by atoms with van der Waals surface area (Å²) in [6, 6.07) is 0. The van der Waals surface area contributed by atoms with E-state index in [9.17, 15) is 18.0 Å². The van der Waals surface area contributed by atoms with E-state index in [1.807, 2.05) is 0 Å². The van der Waals surface area contributed by atoms with Gasteiger partial charge in [-0.05, 0) is 6.92 Å². The highest BCUT2D eigenvalue weighted by atomic mass is 19.4. The van der Waals surface area contributed by atoms with Gasteiger partial charge in [0.05, 0.1) is 18.7 Å². The van der Waals surface area contributed by atoms with Gasteiger partial charge in [0.25, 0.3) is 0 Å². The Kier molecular flexibility index (Phi) is 3.56. The van der Waals surface area contributed by atoms with Crippen molar-refractivity contribution < 1.29 is 22.7 Å². The number of nitrogens with zero attached hydrogens (tertiary/aromatic N) is 2. The molecule has 0 unspecified atom stereocenters. The van der Waals surface area contributed by atoms with Gasteiger partial charge in [0.2, 0.25) is 0 Å². The molecule has 0 amide bonds. The molecule has 1 rings (SSSR count). The number of alkyl halides is 3. The first-order chi connectivity index (χ1) is 7.33. The fourth-order valence-electron chi connectivity index (χ4n) is 1.23. The molecule has 0 saturated carbocycles. The van der Waals surface area contributed by atoms with Crippen LogP contribution in [-0.2, 0) is 18.2 Å². The molecular formula is C9H11F3N2O2. The van der Waals surface area contributed by atoms with Crippen LogP contribution >= 0.6 is 0 Å². The van der Waals surface area contributed by atoms with Crippen molar-refractivity contribution in [1.29, 1.82) is 0 Å². The number of aromatic nitrogens is 2. The number of esters is 1. The van der Waals surface area contributed by atoms with Gasteiger partial charge in [-0.1, -0.05) is 0 Å². The van der Waals surface area contributed by atoms with Crippen LogP contribution in [-0.4, -0.2) is 28.5 Å². The highest BCUT2D eigenvalue weighted by Gasteiger charge is 2.32. The van der Waals surface area contributed by atoms with Crippen LogP contribution in [0.25, 0.3) is 0 Å². The van der Waals surface area contributed by atoms with E-state index in [1.165, 1.54) is 13.2 Å². The van der Waals surface area contributed by atoms with Crippen LogP contribution in [0.2, 0.25) is 0 Å². The highest BCUT2D eigenvalue weighted by molar-refractivity contribution is 5.90. The molecule has 0 bridgehead atoms. The van der Waals surface area contributed by atoms with Gasteiger partial charge in [-0.25, -0.2) is 4.79 Å². The quantitative estimate of drug-likeness (QED) is 0.750. The number of halogens is 3. The molecular weight excluding hydrogens is 225 g/mol. The highest BCUT2D eigenvalue weighted by Crippen LogP contribution is 2.22. The SMILES string of the molecule is CCOC(=O)c1cn(C)nc1CC(F)(F)F. The molecule has 0 saturated heterocycles. The van der Waals surface area contributed by atoms with E-state index < -0.39 is 18.6 Å². The van der Waals surface area contributed by atoms with Crippen molar-refractivity contribution in [3.8, 4) is 0 Å². The van der Waals surface area contributed by atoms with Gasteiger partial charge >= 0.3 is 12.1 Å². The monoisotopic (exact) mass is 236 g/mol. The van der Waals surface area contributed by atoms with Crippen LogP contribution in [0.15, 0.2) is 6.20 Å². The summed E-state index contributed by atoms with van der Waals surface area (Å²) in [5, 5.41) is 3.60. The van der Waals surface area contributed by atoms with Crippen molar-refractivity contribution in [2.24, 2.45) is 7.05 Å². The van der Waals surface area contributed by atoms with Crippen molar-refractivity contribution in [3.63, 3.8) is 0 Å². The number of rotatable bonds is 3. The summed E-state index contributed by atoms with van der Waals surface area (Å²) in [5.74, 6) is -0.783. The smallest absolute Gasteiger partial charge is 0.394 e. The minimum atomic E-state index is -4.39. The maximum Gasteiger partial charge on any atom is 0.394 e. The predicted molar refractivity (Wildman–Crippen MR) is 48.9 cm³/mol. The molecule has 4 nitrogen and oxygen atoms in total. The van der Waals surface area contributed by atoms with Gasteiger partial charge < -0.3 is 4.74 Å². The molecule has 0 aliphatic carbocycles. The Morgan fingerprint density at radius 2 is 2.19 bits per heavy atom. The molecule has 0 atom stereocenters. The fourth-order valence-corrected chi connectivity index (χ4v) is 1.23. The van der Waals surface area contributed by atoms with E-state index >= 15 is 0 Å². The van der Waals surface area contributed by atoms with E-state index in [0.717, 1.165) is 4.68 Å². The number of aryl methyl sites for hydroxylation is 1. The third-order valence-corrected chi connectivity index (χ3v) is 1.77. The minimum absolute atomic E-state index is 0.110. The van der Waals surface area contributed by atoms with Crippen molar-refractivity contribution >= 4 is 5.97 Å². The lowest BCUT2D eigenvalue weighted by molar-refractivity contribution is -0.127. The zero-order valence-corrected chi connectivity index (χ0v) is 8.84. The topological polar surface area (TPSA) is 44.1 Å². The average molecular weight is 236 g/mol. The fraction of sp³-hybridized carbons (Fsp3) is 0.556. The van der Waals surface area contributed by atoms with Crippen LogP contribution in [0.4, 0.5) is 13.2 Å². The molecule has 0 radical (unpaired) electrons. The maximum atomic E-state index is 12.2. The molecule has 0 aliphatic heterocycles. The molecule has 90 valence electrons. The first kappa shape index (κ1) is 12.5. The summed E-state index contributed by atoms with van der Waals surface area (Å²) >= 11 is 0. The van der Waals surface area contributed by atoms with Crippen LogP contribution in [0.1, 0.15) is 23.0 Å². The van der Waals surface area contributed by atoms with Crippen molar-refractivity contribution in [2.45, 2.75) is 19.5 Å². The summed E-state index contributed by atoms with van der Waals surface area (Å²) < 4.78 is 42.3.